The van der Waals surface area contributed by atoms with Crippen molar-refractivity contribution in [3.63, 3.8) is 0 Å². The van der Waals surface area contributed by atoms with Gasteiger partial charge in [0.1, 0.15) is 0 Å². The molecule has 3 heteroatoms. The van der Waals surface area contributed by atoms with Gasteiger partial charge in [0.05, 0.1) is 12.7 Å². The molecule has 0 aliphatic heterocycles. The molecule has 0 saturated heterocycles. The van der Waals surface area contributed by atoms with Gasteiger partial charge in [0, 0.05) is 12.6 Å². The van der Waals surface area contributed by atoms with Crippen LogP contribution >= 0.6 is 0 Å². The van der Waals surface area contributed by atoms with E-state index in [1.165, 1.54) is 0 Å². The number of rotatable bonds is 4. The van der Waals surface area contributed by atoms with Crippen LogP contribution in [0.3, 0.4) is 0 Å². The van der Waals surface area contributed by atoms with E-state index < -0.39 is 0 Å². The predicted molar refractivity (Wildman–Crippen MR) is 40.9 cm³/mol. The maximum Gasteiger partial charge on any atom is 0.0639 e. The van der Waals surface area contributed by atoms with Crippen LogP contribution in [0.4, 0.5) is 0 Å². The third-order valence-corrected chi connectivity index (χ3v) is 1.57. The molecule has 0 spiro atoms. The summed E-state index contributed by atoms with van der Waals surface area (Å²) in [6.07, 6.45) is -0.320. The Labute approximate surface area is 62.3 Å². The van der Waals surface area contributed by atoms with Gasteiger partial charge >= 0.3 is 0 Å². The fraction of sp³-hybridized carbons (Fsp3) is 1.00. The van der Waals surface area contributed by atoms with Gasteiger partial charge in [-0.25, -0.2) is 0 Å². The van der Waals surface area contributed by atoms with Crippen LogP contribution in [-0.4, -0.2) is 47.5 Å². The fourth-order valence-corrected chi connectivity index (χ4v) is 0.736. The molecule has 0 amide bonds. The van der Waals surface area contributed by atoms with Gasteiger partial charge in [-0.2, -0.15) is 0 Å². The first-order valence-corrected chi connectivity index (χ1v) is 3.57. The summed E-state index contributed by atoms with van der Waals surface area (Å²) in [7, 11) is 1.88. The fourth-order valence-electron chi connectivity index (χ4n) is 0.736. The first-order chi connectivity index (χ1) is 4.57. The third kappa shape index (κ3) is 3.82. The number of aliphatic hydroxyl groups excluding tert-OH is 2. The number of nitrogens with zero attached hydrogens (tertiary/aromatic N) is 1. The molecule has 0 radical (unpaired) electrons. The molecule has 0 heterocycles. The molecule has 62 valence electrons. The van der Waals surface area contributed by atoms with Gasteiger partial charge in [0.15, 0.2) is 0 Å². The lowest BCUT2D eigenvalue weighted by atomic mass is 10.3. The van der Waals surface area contributed by atoms with Crippen molar-refractivity contribution in [3.8, 4) is 0 Å². The molecule has 0 aromatic carbocycles. The first-order valence-electron chi connectivity index (χ1n) is 3.57. The molecule has 0 aliphatic carbocycles. The highest BCUT2D eigenvalue weighted by Gasteiger charge is 2.08. The summed E-state index contributed by atoms with van der Waals surface area (Å²) in [5, 5.41) is 17.6. The molecule has 0 aromatic rings. The summed E-state index contributed by atoms with van der Waals surface area (Å²) in [5.74, 6) is 0. The summed E-state index contributed by atoms with van der Waals surface area (Å²) in [6, 6.07) is 0.134. The van der Waals surface area contributed by atoms with Crippen LogP contribution in [-0.2, 0) is 0 Å². The molecular formula is C7H17NO2. The molecule has 2 N–H and O–H groups in total. The first kappa shape index (κ1) is 9.88. The lowest BCUT2D eigenvalue weighted by molar-refractivity contribution is 0.0959. The number of hydrogen-bond acceptors (Lipinski definition) is 3. The van der Waals surface area contributed by atoms with E-state index in [0.717, 1.165) is 0 Å². The maximum absolute atomic E-state index is 8.94. The van der Waals surface area contributed by atoms with Crippen molar-refractivity contribution in [2.75, 3.05) is 20.2 Å². The van der Waals surface area contributed by atoms with Crippen LogP contribution in [0.2, 0.25) is 0 Å². The minimum Gasteiger partial charge on any atom is -0.395 e. The van der Waals surface area contributed by atoms with Crippen LogP contribution < -0.4 is 0 Å². The van der Waals surface area contributed by atoms with Gasteiger partial charge in [-0.1, -0.05) is 0 Å². The Morgan fingerprint density at radius 2 is 1.90 bits per heavy atom. The Hall–Kier alpha value is -0.120. The normalized spacial score (nSPS) is 17.4. The molecular weight excluding hydrogens is 130 g/mol. The Balaban J connectivity index is 3.50. The van der Waals surface area contributed by atoms with Gasteiger partial charge in [0.25, 0.3) is 0 Å². The lowest BCUT2D eigenvalue weighted by Gasteiger charge is -2.23. The Morgan fingerprint density at radius 3 is 2.20 bits per heavy atom. The Morgan fingerprint density at radius 1 is 1.40 bits per heavy atom. The predicted octanol–water partition coefficient (Wildman–Crippen LogP) is -0.320. The van der Waals surface area contributed by atoms with Crippen molar-refractivity contribution < 1.29 is 10.2 Å². The standard InChI is InChI=1S/C7H17NO2/c1-6(5-9)8(3)4-7(2)10/h6-7,9-10H,4-5H2,1-3H3. The monoisotopic (exact) mass is 147 g/mol. The molecule has 3 nitrogen and oxygen atoms in total. The molecule has 0 saturated carbocycles. The molecule has 2 atom stereocenters. The molecule has 10 heavy (non-hydrogen) atoms. The van der Waals surface area contributed by atoms with Gasteiger partial charge in [-0.15, -0.1) is 0 Å². The second kappa shape index (κ2) is 4.66. The molecule has 0 aliphatic rings. The quantitative estimate of drug-likeness (QED) is 0.573. The largest absolute Gasteiger partial charge is 0.395 e. The van der Waals surface area contributed by atoms with Crippen LogP contribution in [0.5, 0.6) is 0 Å². The second-order valence-corrected chi connectivity index (χ2v) is 2.82. The van der Waals surface area contributed by atoms with E-state index >= 15 is 0 Å². The Bertz CT molecular complexity index is 85.7. The van der Waals surface area contributed by atoms with E-state index in [2.05, 4.69) is 0 Å². The van der Waals surface area contributed by atoms with Crippen LogP contribution in [0.1, 0.15) is 13.8 Å². The summed E-state index contributed by atoms with van der Waals surface area (Å²) >= 11 is 0. The van der Waals surface area contributed by atoms with Crippen LogP contribution in [0, 0.1) is 0 Å². The second-order valence-electron chi connectivity index (χ2n) is 2.82. The summed E-state index contributed by atoms with van der Waals surface area (Å²) in [4.78, 5) is 1.92. The molecule has 0 bridgehead atoms. The van der Waals surface area contributed by atoms with Crippen molar-refractivity contribution in [2.24, 2.45) is 0 Å². The van der Waals surface area contributed by atoms with Crippen LogP contribution in [0.25, 0.3) is 0 Å². The van der Waals surface area contributed by atoms with Crippen molar-refractivity contribution in [3.05, 3.63) is 0 Å². The SMILES string of the molecule is CC(O)CN(C)C(C)CO. The van der Waals surface area contributed by atoms with E-state index in [-0.39, 0.29) is 18.8 Å². The lowest BCUT2D eigenvalue weighted by Crippen LogP contribution is -2.36. The smallest absolute Gasteiger partial charge is 0.0639 e. The average molecular weight is 147 g/mol. The van der Waals surface area contributed by atoms with Crippen molar-refractivity contribution in [1.82, 2.24) is 4.90 Å². The van der Waals surface area contributed by atoms with Crippen molar-refractivity contribution >= 4 is 0 Å². The van der Waals surface area contributed by atoms with E-state index in [1.54, 1.807) is 6.92 Å². The topological polar surface area (TPSA) is 43.7 Å². The Kier molecular flexibility index (Phi) is 4.60. The highest BCUT2D eigenvalue weighted by atomic mass is 16.3. The van der Waals surface area contributed by atoms with Gasteiger partial charge in [-0.05, 0) is 20.9 Å². The summed E-state index contributed by atoms with van der Waals surface area (Å²) in [6.45, 7) is 4.41. The molecule has 0 fully saturated rings. The van der Waals surface area contributed by atoms with Crippen molar-refractivity contribution in [2.45, 2.75) is 26.0 Å². The van der Waals surface area contributed by atoms with Gasteiger partial charge in [0.2, 0.25) is 0 Å². The van der Waals surface area contributed by atoms with Crippen molar-refractivity contribution in [1.29, 1.82) is 0 Å². The zero-order chi connectivity index (χ0) is 8.15. The number of likely N-dealkylation sites (N-methyl/N-ethyl adjacent to an activating group) is 1. The third-order valence-electron chi connectivity index (χ3n) is 1.57. The van der Waals surface area contributed by atoms with Gasteiger partial charge in [-0.3, -0.25) is 4.90 Å². The van der Waals surface area contributed by atoms with E-state index in [0.29, 0.717) is 6.54 Å². The summed E-state index contributed by atoms with van der Waals surface area (Å²) < 4.78 is 0. The van der Waals surface area contributed by atoms with Gasteiger partial charge < -0.3 is 10.2 Å². The maximum atomic E-state index is 8.94. The molecule has 0 aromatic heterocycles. The minimum absolute atomic E-state index is 0.134. The average Bonchev–Trinajstić information content (AvgIpc) is 1.85. The highest BCUT2D eigenvalue weighted by Crippen LogP contribution is 1.95. The molecule has 0 rings (SSSR count). The highest BCUT2D eigenvalue weighted by molar-refractivity contribution is 4.63. The van der Waals surface area contributed by atoms with Crippen LogP contribution in [0.15, 0.2) is 0 Å². The molecule has 2 unspecified atom stereocenters. The zero-order valence-corrected chi connectivity index (χ0v) is 6.91. The minimum atomic E-state index is -0.320. The van der Waals surface area contributed by atoms with E-state index in [1.807, 2.05) is 18.9 Å². The number of aliphatic hydroxyl groups is 2. The number of hydrogen-bond donors (Lipinski definition) is 2. The van der Waals surface area contributed by atoms with E-state index in [9.17, 15) is 0 Å². The van der Waals surface area contributed by atoms with E-state index in [4.69, 9.17) is 10.2 Å². The summed E-state index contributed by atoms with van der Waals surface area (Å²) in [5.41, 5.74) is 0. The zero-order valence-electron chi connectivity index (χ0n) is 6.91.